The monoisotopic (exact) mass is 570 g/mol. The molecule has 5 heterocycles. The van der Waals surface area contributed by atoms with Crippen LogP contribution in [0.1, 0.15) is 43.2 Å². The van der Waals surface area contributed by atoms with E-state index in [-0.39, 0.29) is 41.6 Å². The van der Waals surface area contributed by atoms with Gasteiger partial charge in [0.05, 0.1) is 23.9 Å². The summed E-state index contributed by atoms with van der Waals surface area (Å²) in [4.78, 5) is 36.7. The largest absolute Gasteiger partial charge is 0.462 e. The number of amides is 1. The van der Waals surface area contributed by atoms with Gasteiger partial charge in [-0.25, -0.2) is 4.39 Å². The second-order valence-electron chi connectivity index (χ2n) is 11.3. The number of ether oxygens (including phenoxy) is 1. The van der Waals surface area contributed by atoms with Crippen molar-refractivity contribution in [2.75, 3.05) is 44.7 Å². The van der Waals surface area contributed by atoms with Gasteiger partial charge < -0.3 is 19.4 Å². The van der Waals surface area contributed by atoms with Crippen molar-refractivity contribution < 1.29 is 13.9 Å². The van der Waals surface area contributed by atoms with E-state index in [0.717, 1.165) is 56.2 Å². The first-order valence-electron chi connectivity index (χ1n) is 14.7. The van der Waals surface area contributed by atoms with Crippen LogP contribution < -0.4 is 9.64 Å². The first-order chi connectivity index (χ1) is 20.5. The average Bonchev–Trinajstić information content (AvgIpc) is 3.44. The Balaban J connectivity index is 1.42. The lowest BCUT2D eigenvalue weighted by Crippen LogP contribution is -2.55. The number of anilines is 1. The smallest absolute Gasteiger partial charge is 0.319 e. The maximum Gasteiger partial charge on any atom is 0.319 e. The summed E-state index contributed by atoms with van der Waals surface area (Å²) < 4.78 is 22.6. The molecule has 0 N–H and O–H groups in total. The molecule has 0 spiro atoms. The van der Waals surface area contributed by atoms with Crippen LogP contribution >= 0.6 is 0 Å². The summed E-state index contributed by atoms with van der Waals surface area (Å²) in [6.45, 7) is 6.18. The van der Waals surface area contributed by atoms with E-state index in [1.807, 2.05) is 11.1 Å². The summed E-state index contributed by atoms with van der Waals surface area (Å²) in [5, 5.41) is 9.93. The molecule has 0 bridgehead atoms. The third-order valence-corrected chi connectivity index (χ3v) is 8.81. The molecule has 1 amide bonds. The second-order valence-corrected chi connectivity index (χ2v) is 11.3. The summed E-state index contributed by atoms with van der Waals surface area (Å²) in [6, 6.07) is 2.16. The Morgan fingerprint density at radius 1 is 1.17 bits per heavy atom. The minimum Gasteiger partial charge on any atom is -0.462 e. The highest BCUT2D eigenvalue weighted by Gasteiger charge is 2.32. The van der Waals surface area contributed by atoms with Crippen molar-refractivity contribution in [2.24, 2.45) is 0 Å². The molecule has 2 saturated heterocycles. The van der Waals surface area contributed by atoms with E-state index in [1.165, 1.54) is 6.08 Å². The van der Waals surface area contributed by atoms with E-state index in [1.54, 1.807) is 17.3 Å². The van der Waals surface area contributed by atoms with Crippen molar-refractivity contribution in [1.82, 2.24) is 29.7 Å². The van der Waals surface area contributed by atoms with Gasteiger partial charge in [0.15, 0.2) is 5.82 Å². The van der Waals surface area contributed by atoms with Gasteiger partial charge in [0.1, 0.15) is 23.6 Å². The van der Waals surface area contributed by atoms with E-state index < -0.39 is 5.82 Å². The van der Waals surface area contributed by atoms with Gasteiger partial charge in [0.2, 0.25) is 5.91 Å². The average molecular weight is 571 g/mol. The Bertz CT molecular complexity index is 1560. The fourth-order valence-electron chi connectivity index (χ4n) is 6.47. The molecule has 42 heavy (non-hydrogen) atoms. The topological polar surface area (TPSA) is 111 Å². The predicted octanol–water partition coefficient (Wildman–Crippen LogP) is 3.69. The van der Waals surface area contributed by atoms with Gasteiger partial charge >= 0.3 is 6.01 Å². The number of halogens is 1. The molecule has 2 fully saturated rings. The van der Waals surface area contributed by atoms with Gasteiger partial charge in [-0.1, -0.05) is 6.58 Å². The Hall–Kier alpha value is -4.17. The first-order valence-corrected chi connectivity index (χ1v) is 14.7. The van der Waals surface area contributed by atoms with E-state index in [0.29, 0.717) is 43.0 Å². The number of aryl methyl sites for hydroxylation is 1. The minimum absolute atomic E-state index is 0.100. The van der Waals surface area contributed by atoms with Crippen LogP contribution in [0.2, 0.25) is 0 Å². The number of carbonyl (C=O) groups excluding carboxylic acids is 1. The highest BCUT2D eigenvalue weighted by Crippen LogP contribution is 2.36. The number of rotatable bonds is 7. The standard InChI is InChI=1S/C31H35FN8O2/c1-3-26(41)40-14-13-39(18-21(40)10-11-33)30-25-17-35-28(24-16-34-15-20-7-4-5-9-23(20)24)27(32)29(25)36-31(37-30)42-19-22-8-6-12-38(22)2/h3,15-17,21-22H,1,4-10,12-14,18-19H2,2H3/t21-,22-/m0/s1. The number of likely N-dealkylation sites (tertiary alicyclic amines) is 1. The molecule has 2 atom stereocenters. The molecule has 0 radical (unpaired) electrons. The number of nitriles is 1. The van der Waals surface area contributed by atoms with Gasteiger partial charge in [-0.2, -0.15) is 15.2 Å². The molecule has 0 saturated carbocycles. The number of hydrogen-bond acceptors (Lipinski definition) is 9. The highest BCUT2D eigenvalue weighted by atomic mass is 19.1. The number of hydrogen-bond donors (Lipinski definition) is 0. The van der Waals surface area contributed by atoms with Gasteiger partial charge in [0.25, 0.3) is 0 Å². The molecule has 1 aliphatic carbocycles. The summed E-state index contributed by atoms with van der Waals surface area (Å²) in [5.74, 6) is -0.271. The molecule has 10 nitrogen and oxygen atoms in total. The Kier molecular flexibility index (Phi) is 7.98. The van der Waals surface area contributed by atoms with E-state index >= 15 is 4.39 Å². The number of aromatic nitrogens is 4. The van der Waals surface area contributed by atoms with Crippen molar-refractivity contribution in [3.8, 4) is 23.3 Å². The third-order valence-electron chi connectivity index (χ3n) is 8.81. The quantitative estimate of drug-likeness (QED) is 0.393. The van der Waals surface area contributed by atoms with Crippen LogP contribution in [0.15, 0.2) is 31.2 Å². The van der Waals surface area contributed by atoms with Crippen LogP contribution in [0.4, 0.5) is 10.2 Å². The number of fused-ring (bicyclic) bond motifs is 2. The zero-order valence-corrected chi connectivity index (χ0v) is 23.9. The lowest BCUT2D eigenvalue weighted by Gasteiger charge is -2.41. The molecule has 3 aromatic rings. The van der Waals surface area contributed by atoms with Crippen molar-refractivity contribution in [3.63, 3.8) is 0 Å². The zero-order chi connectivity index (χ0) is 29.2. The molecule has 3 aliphatic rings. The first kappa shape index (κ1) is 28.0. The fraction of sp³-hybridized carbons (Fsp3) is 0.484. The summed E-state index contributed by atoms with van der Waals surface area (Å²) in [6.07, 6.45) is 12.7. The van der Waals surface area contributed by atoms with Crippen molar-refractivity contribution in [3.05, 3.63) is 48.2 Å². The molecule has 218 valence electrons. The Morgan fingerprint density at radius 3 is 2.81 bits per heavy atom. The summed E-state index contributed by atoms with van der Waals surface area (Å²) in [7, 11) is 2.07. The number of nitrogens with zero attached hydrogens (tertiary/aromatic N) is 8. The number of pyridine rings is 2. The minimum atomic E-state index is -0.534. The van der Waals surface area contributed by atoms with Crippen LogP contribution in [0.3, 0.4) is 0 Å². The normalized spacial score (nSPS) is 20.8. The Morgan fingerprint density at radius 2 is 2.02 bits per heavy atom. The number of carbonyl (C=O) groups is 1. The van der Waals surface area contributed by atoms with Crippen LogP contribution in [0.25, 0.3) is 22.2 Å². The van der Waals surface area contributed by atoms with Gasteiger partial charge in [-0.3, -0.25) is 14.8 Å². The maximum absolute atomic E-state index is 16.5. The highest BCUT2D eigenvalue weighted by molar-refractivity contribution is 5.92. The van der Waals surface area contributed by atoms with E-state index in [2.05, 4.69) is 39.5 Å². The summed E-state index contributed by atoms with van der Waals surface area (Å²) in [5.41, 5.74) is 3.30. The Labute approximate surface area is 244 Å². The summed E-state index contributed by atoms with van der Waals surface area (Å²) >= 11 is 0. The molecule has 6 rings (SSSR count). The van der Waals surface area contributed by atoms with Crippen LogP contribution in [0, 0.1) is 17.1 Å². The van der Waals surface area contributed by atoms with Gasteiger partial charge in [0, 0.05) is 49.8 Å². The number of piperazine rings is 1. The lowest BCUT2D eigenvalue weighted by atomic mass is 9.89. The fourth-order valence-corrected chi connectivity index (χ4v) is 6.47. The van der Waals surface area contributed by atoms with E-state index in [4.69, 9.17) is 9.72 Å². The second kappa shape index (κ2) is 12.0. The third kappa shape index (κ3) is 5.27. The van der Waals surface area contributed by atoms with Crippen molar-refractivity contribution in [2.45, 2.75) is 57.0 Å². The molecular weight excluding hydrogens is 535 g/mol. The van der Waals surface area contributed by atoms with Gasteiger partial charge in [-0.05, 0) is 69.3 Å². The molecule has 0 aromatic carbocycles. The molecule has 11 heteroatoms. The van der Waals surface area contributed by atoms with Crippen LogP contribution in [-0.2, 0) is 17.6 Å². The molecular formula is C31H35FN8O2. The van der Waals surface area contributed by atoms with Crippen LogP contribution in [0.5, 0.6) is 6.01 Å². The maximum atomic E-state index is 16.5. The molecule has 0 unspecified atom stereocenters. The van der Waals surface area contributed by atoms with Crippen LogP contribution in [-0.4, -0.2) is 87.6 Å². The predicted molar refractivity (Wildman–Crippen MR) is 156 cm³/mol. The SMILES string of the molecule is C=CC(=O)N1CCN(c2nc(OC[C@@H]3CCCN3C)nc3c(F)c(-c4cncc5c4CCCC5)ncc23)C[C@@H]1CC#N. The van der Waals surface area contributed by atoms with Crippen molar-refractivity contribution in [1.29, 1.82) is 5.26 Å². The van der Waals surface area contributed by atoms with Gasteiger partial charge in [-0.15, -0.1) is 0 Å². The zero-order valence-electron chi connectivity index (χ0n) is 23.9. The van der Waals surface area contributed by atoms with Crippen molar-refractivity contribution >= 4 is 22.6 Å². The number of likely N-dealkylation sites (N-methyl/N-ethyl adjacent to an activating group) is 1. The molecule has 2 aliphatic heterocycles. The van der Waals surface area contributed by atoms with E-state index in [9.17, 15) is 10.1 Å². The lowest BCUT2D eigenvalue weighted by molar-refractivity contribution is -0.128. The molecule has 3 aromatic heterocycles.